The number of rotatable bonds is 31. The lowest BCUT2D eigenvalue weighted by molar-refractivity contribution is -0.140. The van der Waals surface area contributed by atoms with Crippen LogP contribution >= 0.6 is 0 Å². The Kier molecular flexibility index (Phi) is 51.1. The van der Waals surface area contributed by atoms with Crippen LogP contribution in [-0.2, 0) is 9.53 Å². The van der Waals surface area contributed by atoms with E-state index in [1.54, 1.807) is 0 Å². The molecule has 0 atom stereocenters. The monoisotopic (exact) mass is 599 g/mol. The second-order valence-corrected chi connectivity index (χ2v) is 11.9. The molecule has 0 saturated heterocycles. The molecule has 0 amide bonds. The summed E-state index contributed by atoms with van der Waals surface area (Å²) in [6.07, 6.45) is 44.2. The van der Waals surface area contributed by atoms with E-state index >= 15 is 0 Å². The molecule has 4 nitrogen and oxygen atoms in total. The van der Waals surface area contributed by atoms with Crippen molar-refractivity contribution in [2.24, 2.45) is 0 Å². The fourth-order valence-electron chi connectivity index (χ4n) is 5.10. The largest absolute Gasteiger partial charge is 0.469 e. The summed E-state index contributed by atoms with van der Waals surface area (Å²) in [6, 6.07) is 0. The number of carbonyl (C=O) groups is 1. The van der Waals surface area contributed by atoms with Crippen LogP contribution in [0.15, 0.2) is 12.2 Å². The van der Waals surface area contributed by atoms with Crippen molar-refractivity contribution in [1.82, 2.24) is 0 Å². The van der Waals surface area contributed by atoms with Crippen LogP contribution in [-0.4, -0.2) is 37.0 Å². The number of carbonyl (C=O) groups excluding carboxylic acids is 1. The Labute approximate surface area is 264 Å². The molecular formula is C38H78O4. The lowest BCUT2D eigenvalue weighted by Crippen LogP contribution is -1.98. The number of ether oxygens (including phenoxy) is 1. The van der Waals surface area contributed by atoms with E-state index in [0.29, 0.717) is 13.0 Å². The number of esters is 1. The Balaban J connectivity index is -0.000000686. The van der Waals surface area contributed by atoms with Gasteiger partial charge in [0, 0.05) is 20.1 Å². The first-order valence-corrected chi connectivity index (χ1v) is 18.5. The molecule has 0 unspecified atom stereocenters. The third-order valence-electron chi connectivity index (χ3n) is 7.88. The van der Waals surface area contributed by atoms with Gasteiger partial charge in [-0.15, -0.1) is 0 Å². The lowest BCUT2D eigenvalue weighted by atomic mass is 10.0. The quantitative estimate of drug-likeness (QED) is 0.0473. The molecule has 254 valence electrons. The third-order valence-corrected chi connectivity index (χ3v) is 7.88. The van der Waals surface area contributed by atoms with Crippen molar-refractivity contribution >= 4 is 5.97 Å². The lowest BCUT2D eigenvalue weighted by Gasteiger charge is -2.03. The van der Waals surface area contributed by atoms with Gasteiger partial charge in [0.05, 0.1) is 7.11 Å². The number of hydrogen-bond acceptors (Lipinski definition) is 4. The Morgan fingerprint density at radius 2 is 0.762 bits per heavy atom. The number of unbranched alkanes of at least 4 members (excludes halogenated alkanes) is 26. The molecule has 0 aliphatic carbocycles. The van der Waals surface area contributed by atoms with Crippen LogP contribution in [0.3, 0.4) is 0 Å². The predicted octanol–water partition coefficient (Wildman–Crippen LogP) is 12.0. The Hall–Kier alpha value is -0.870. The van der Waals surface area contributed by atoms with Gasteiger partial charge in [-0.05, 0) is 38.5 Å². The van der Waals surface area contributed by atoms with Crippen LogP contribution in [0, 0.1) is 0 Å². The average molecular weight is 599 g/mol. The zero-order valence-electron chi connectivity index (χ0n) is 29.3. The molecule has 0 spiro atoms. The van der Waals surface area contributed by atoms with Crippen LogP contribution in [0.25, 0.3) is 0 Å². The zero-order valence-corrected chi connectivity index (χ0v) is 29.3. The van der Waals surface area contributed by atoms with Gasteiger partial charge < -0.3 is 14.9 Å². The molecule has 0 heterocycles. The number of aliphatic hydroxyl groups excluding tert-OH is 2. The van der Waals surface area contributed by atoms with Crippen LogP contribution in [0.1, 0.15) is 206 Å². The molecule has 0 rings (SSSR count). The van der Waals surface area contributed by atoms with E-state index in [0.717, 1.165) is 26.4 Å². The number of methoxy groups -OCH3 is 1. The molecule has 0 aromatic carbocycles. The minimum atomic E-state index is -0.0763. The SMILES string of the molecule is CCCCCCCC/C=C\CCCCCCCC(=O)OC.CCCCCCCCCCCCCCCCCCO.CO. The molecule has 0 saturated carbocycles. The van der Waals surface area contributed by atoms with E-state index < -0.39 is 0 Å². The van der Waals surface area contributed by atoms with Crippen LogP contribution in [0.2, 0.25) is 0 Å². The highest BCUT2D eigenvalue weighted by Crippen LogP contribution is 2.14. The molecule has 42 heavy (non-hydrogen) atoms. The molecule has 0 aromatic heterocycles. The van der Waals surface area contributed by atoms with Crippen molar-refractivity contribution in [2.45, 2.75) is 206 Å². The van der Waals surface area contributed by atoms with Gasteiger partial charge in [0.25, 0.3) is 0 Å². The maximum Gasteiger partial charge on any atom is 0.305 e. The van der Waals surface area contributed by atoms with E-state index in [-0.39, 0.29) is 5.97 Å². The van der Waals surface area contributed by atoms with E-state index in [2.05, 4.69) is 30.7 Å². The normalized spacial score (nSPS) is 10.7. The van der Waals surface area contributed by atoms with Crippen molar-refractivity contribution in [3.8, 4) is 0 Å². The summed E-state index contributed by atoms with van der Waals surface area (Å²) in [5.74, 6) is -0.0763. The van der Waals surface area contributed by atoms with E-state index in [4.69, 9.17) is 10.2 Å². The first-order chi connectivity index (χ1) is 20.7. The minimum Gasteiger partial charge on any atom is -0.469 e. The molecule has 0 aliphatic heterocycles. The van der Waals surface area contributed by atoms with Crippen molar-refractivity contribution in [3.63, 3.8) is 0 Å². The fraction of sp³-hybridized carbons (Fsp3) is 0.921. The highest BCUT2D eigenvalue weighted by atomic mass is 16.5. The summed E-state index contributed by atoms with van der Waals surface area (Å²) in [6.45, 7) is 4.92. The molecular weight excluding hydrogens is 520 g/mol. The van der Waals surface area contributed by atoms with E-state index in [1.807, 2.05) is 0 Å². The number of allylic oxidation sites excluding steroid dienone is 2. The minimum absolute atomic E-state index is 0.0763. The molecule has 0 aliphatic rings. The summed E-state index contributed by atoms with van der Waals surface area (Å²) in [4.78, 5) is 10.9. The van der Waals surface area contributed by atoms with Crippen molar-refractivity contribution in [1.29, 1.82) is 0 Å². The smallest absolute Gasteiger partial charge is 0.305 e. The van der Waals surface area contributed by atoms with Gasteiger partial charge in [-0.3, -0.25) is 4.79 Å². The maximum atomic E-state index is 10.9. The van der Waals surface area contributed by atoms with Gasteiger partial charge in [-0.2, -0.15) is 0 Å². The van der Waals surface area contributed by atoms with Gasteiger partial charge in [0.15, 0.2) is 0 Å². The molecule has 0 fully saturated rings. The van der Waals surface area contributed by atoms with Gasteiger partial charge in [0.2, 0.25) is 0 Å². The second kappa shape index (κ2) is 47.1. The summed E-state index contributed by atoms with van der Waals surface area (Å²) >= 11 is 0. The predicted molar refractivity (Wildman–Crippen MR) is 186 cm³/mol. The molecule has 0 aromatic rings. The summed E-state index contributed by atoms with van der Waals surface area (Å²) < 4.78 is 4.62. The molecule has 0 bridgehead atoms. The first kappa shape index (κ1) is 45.6. The van der Waals surface area contributed by atoms with E-state index in [1.165, 1.54) is 174 Å². The Bertz CT molecular complexity index is 462. The molecule has 4 heteroatoms. The highest BCUT2D eigenvalue weighted by Gasteiger charge is 1.98. The van der Waals surface area contributed by atoms with Crippen molar-refractivity contribution < 1.29 is 19.7 Å². The van der Waals surface area contributed by atoms with Crippen molar-refractivity contribution in [3.05, 3.63) is 12.2 Å². The maximum absolute atomic E-state index is 10.9. The highest BCUT2D eigenvalue weighted by molar-refractivity contribution is 5.68. The van der Waals surface area contributed by atoms with Gasteiger partial charge >= 0.3 is 5.97 Å². The first-order valence-electron chi connectivity index (χ1n) is 18.5. The van der Waals surface area contributed by atoms with Gasteiger partial charge in [-0.1, -0.05) is 174 Å². The third kappa shape index (κ3) is 48.8. The molecule has 2 N–H and O–H groups in total. The summed E-state index contributed by atoms with van der Waals surface area (Å²) in [5.41, 5.74) is 0. The van der Waals surface area contributed by atoms with E-state index in [9.17, 15) is 4.79 Å². The van der Waals surface area contributed by atoms with Gasteiger partial charge in [-0.25, -0.2) is 0 Å². The van der Waals surface area contributed by atoms with Crippen molar-refractivity contribution in [2.75, 3.05) is 20.8 Å². The van der Waals surface area contributed by atoms with Crippen LogP contribution in [0.4, 0.5) is 0 Å². The molecule has 0 radical (unpaired) electrons. The van der Waals surface area contributed by atoms with Gasteiger partial charge in [0.1, 0.15) is 0 Å². The summed E-state index contributed by atoms with van der Waals surface area (Å²) in [5, 5.41) is 15.7. The number of hydrogen-bond donors (Lipinski definition) is 2. The van der Waals surface area contributed by atoms with Crippen LogP contribution in [0.5, 0.6) is 0 Å². The number of aliphatic hydroxyl groups is 2. The Morgan fingerprint density at radius 3 is 1.07 bits per heavy atom. The van der Waals surface area contributed by atoms with Crippen LogP contribution < -0.4 is 0 Å². The average Bonchev–Trinajstić information content (AvgIpc) is 3.02. The Morgan fingerprint density at radius 1 is 0.476 bits per heavy atom. The summed E-state index contributed by atoms with van der Waals surface area (Å²) in [7, 11) is 2.46. The zero-order chi connectivity index (χ0) is 31.6. The fourth-order valence-corrected chi connectivity index (χ4v) is 5.10. The standard InChI is InChI=1S/C19H36O2.C18H38O.CH4O/c1-3-4-5-6-7-8-9-10-11-12-13-14-15-16-17-18-19(20)21-2;1-2-3-4-5-6-7-8-9-10-11-12-13-14-15-16-17-18-19;1-2/h10-11H,3-9,12-18H2,1-2H3;19H,2-18H2,1H3;2H,1H3/b11-10-;;. The second-order valence-electron chi connectivity index (χ2n) is 11.9. The topological polar surface area (TPSA) is 66.8 Å².